The van der Waals surface area contributed by atoms with Crippen LogP contribution in [0.15, 0.2) is 59.5 Å². The van der Waals surface area contributed by atoms with Crippen LogP contribution in [0.3, 0.4) is 0 Å². The van der Waals surface area contributed by atoms with Crippen LogP contribution in [0.25, 0.3) is 0 Å². The van der Waals surface area contributed by atoms with E-state index in [-0.39, 0.29) is 41.1 Å². The Labute approximate surface area is 135 Å². The molecule has 0 bridgehead atoms. The summed E-state index contributed by atoms with van der Waals surface area (Å²) >= 11 is 0. The van der Waals surface area contributed by atoms with Gasteiger partial charge in [-0.25, -0.2) is 0 Å². The summed E-state index contributed by atoms with van der Waals surface area (Å²) in [6.45, 7) is 0.0214. The van der Waals surface area contributed by atoms with E-state index in [0.29, 0.717) is 5.69 Å². The molecule has 4 nitrogen and oxygen atoms in total. The SMILES string of the molecule is Nc1ccc(S(=O)(=O)OCc2ccccc2)cc1.[Na]. The van der Waals surface area contributed by atoms with E-state index in [1.54, 1.807) is 12.1 Å². The van der Waals surface area contributed by atoms with E-state index in [1.807, 2.05) is 18.2 Å². The zero-order valence-corrected chi connectivity index (χ0v) is 13.4. The zero-order chi connectivity index (χ0) is 13.0. The second-order valence-electron chi connectivity index (χ2n) is 3.77. The van der Waals surface area contributed by atoms with Crippen molar-refractivity contribution in [2.75, 3.05) is 5.73 Å². The molecule has 6 heteroatoms. The first-order valence-electron chi connectivity index (χ1n) is 5.37. The van der Waals surface area contributed by atoms with Gasteiger partial charge in [-0.15, -0.1) is 0 Å². The molecule has 0 aliphatic heterocycles. The summed E-state index contributed by atoms with van der Waals surface area (Å²) < 4.78 is 28.7. The second kappa shape index (κ2) is 7.07. The van der Waals surface area contributed by atoms with Crippen molar-refractivity contribution in [3.05, 3.63) is 60.2 Å². The van der Waals surface area contributed by atoms with Gasteiger partial charge in [0.2, 0.25) is 0 Å². The quantitative estimate of drug-likeness (QED) is 0.528. The van der Waals surface area contributed by atoms with Crippen molar-refractivity contribution in [2.45, 2.75) is 11.5 Å². The number of nitrogens with two attached hydrogens (primary N) is 1. The number of rotatable bonds is 4. The molecule has 0 saturated heterocycles. The molecule has 0 aliphatic carbocycles. The van der Waals surface area contributed by atoms with Crippen LogP contribution in [-0.4, -0.2) is 38.0 Å². The Kier molecular flexibility index (Phi) is 6.03. The van der Waals surface area contributed by atoms with E-state index in [4.69, 9.17) is 9.92 Å². The average Bonchev–Trinajstić information content (AvgIpc) is 2.38. The van der Waals surface area contributed by atoms with Crippen molar-refractivity contribution in [3.8, 4) is 0 Å². The van der Waals surface area contributed by atoms with Gasteiger partial charge < -0.3 is 5.73 Å². The first-order valence-corrected chi connectivity index (χ1v) is 6.78. The molecule has 0 atom stereocenters. The molecule has 0 spiro atoms. The Balaban J connectivity index is 0.00000180. The van der Waals surface area contributed by atoms with E-state index in [2.05, 4.69) is 0 Å². The number of hydrogen-bond acceptors (Lipinski definition) is 4. The van der Waals surface area contributed by atoms with E-state index in [0.717, 1.165) is 5.56 Å². The minimum atomic E-state index is -3.73. The maximum absolute atomic E-state index is 11.9. The Morgan fingerprint density at radius 1 is 0.947 bits per heavy atom. The molecule has 0 aromatic heterocycles. The van der Waals surface area contributed by atoms with Crippen LogP contribution in [0.1, 0.15) is 5.56 Å². The van der Waals surface area contributed by atoms with E-state index < -0.39 is 10.1 Å². The molecule has 0 amide bonds. The third kappa shape index (κ3) is 4.63. The molecule has 0 fully saturated rings. The van der Waals surface area contributed by atoms with Crippen molar-refractivity contribution in [3.63, 3.8) is 0 Å². The monoisotopic (exact) mass is 286 g/mol. The number of hydrogen-bond donors (Lipinski definition) is 1. The Morgan fingerprint density at radius 2 is 1.53 bits per heavy atom. The fraction of sp³-hybridized carbons (Fsp3) is 0.0769. The van der Waals surface area contributed by atoms with Gasteiger partial charge in [0, 0.05) is 35.2 Å². The van der Waals surface area contributed by atoms with Crippen molar-refractivity contribution in [1.82, 2.24) is 0 Å². The molecule has 0 aliphatic rings. The van der Waals surface area contributed by atoms with Gasteiger partial charge in [0.25, 0.3) is 10.1 Å². The predicted molar refractivity (Wildman–Crippen MR) is 75.0 cm³/mol. The van der Waals surface area contributed by atoms with Gasteiger partial charge in [0.15, 0.2) is 0 Å². The average molecular weight is 286 g/mol. The minimum Gasteiger partial charge on any atom is -0.399 e. The maximum Gasteiger partial charge on any atom is 0.297 e. The van der Waals surface area contributed by atoms with Crippen LogP contribution >= 0.6 is 0 Å². The van der Waals surface area contributed by atoms with Crippen LogP contribution in [0.2, 0.25) is 0 Å². The molecule has 2 aromatic carbocycles. The summed E-state index contributed by atoms with van der Waals surface area (Å²) in [4.78, 5) is 0.104. The van der Waals surface area contributed by atoms with Gasteiger partial charge >= 0.3 is 0 Å². The van der Waals surface area contributed by atoms with Crippen LogP contribution in [0.5, 0.6) is 0 Å². The van der Waals surface area contributed by atoms with Gasteiger partial charge in [0.05, 0.1) is 11.5 Å². The number of anilines is 1. The standard InChI is InChI=1S/C13H13NO3S.Na/c14-12-6-8-13(9-7-12)18(15,16)17-10-11-4-2-1-3-5-11;/h1-9H,10,14H2;. The molecule has 0 saturated carbocycles. The van der Waals surface area contributed by atoms with Crippen LogP contribution < -0.4 is 5.73 Å². The van der Waals surface area contributed by atoms with Gasteiger partial charge in [-0.1, -0.05) is 30.3 Å². The topological polar surface area (TPSA) is 69.4 Å². The molecule has 2 N–H and O–H groups in total. The number of benzene rings is 2. The summed E-state index contributed by atoms with van der Waals surface area (Å²) in [6, 6.07) is 15.0. The Hall–Kier alpha value is -0.850. The van der Waals surface area contributed by atoms with Crippen molar-refractivity contribution >= 4 is 45.4 Å². The fourth-order valence-electron chi connectivity index (χ4n) is 1.42. The Bertz CT molecular complexity index is 612. The van der Waals surface area contributed by atoms with Gasteiger partial charge in [-0.05, 0) is 29.8 Å². The summed E-state index contributed by atoms with van der Waals surface area (Å²) in [5.74, 6) is 0. The molecule has 2 aromatic rings. The largest absolute Gasteiger partial charge is 0.399 e. The van der Waals surface area contributed by atoms with Crippen molar-refractivity contribution in [1.29, 1.82) is 0 Å². The van der Waals surface area contributed by atoms with Crippen LogP contribution in [-0.2, 0) is 20.9 Å². The summed E-state index contributed by atoms with van der Waals surface area (Å²) in [5.41, 5.74) is 6.81. The number of nitrogen functional groups attached to an aromatic ring is 1. The van der Waals surface area contributed by atoms with E-state index >= 15 is 0 Å². The smallest absolute Gasteiger partial charge is 0.297 e. The van der Waals surface area contributed by atoms with Gasteiger partial charge in [0.1, 0.15) is 0 Å². The molecule has 2 rings (SSSR count). The van der Waals surface area contributed by atoms with Gasteiger partial charge in [-0.3, -0.25) is 4.18 Å². The third-order valence-corrected chi connectivity index (χ3v) is 3.67. The molecule has 95 valence electrons. The third-order valence-electron chi connectivity index (χ3n) is 2.39. The summed E-state index contributed by atoms with van der Waals surface area (Å²) in [6.07, 6.45) is 0. The zero-order valence-electron chi connectivity index (χ0n) is 10.6. The molecule has 1 radical (unpaired) electrons. The van der Waals surface area contributed by atoms with Crippen LogP contribution in [0, 0.1) is 0 Å². The molecular formula is C13H13NNaO3S. The Morgan fingerprint density at radius 3 is 2.11 bits per heavy atom. The maximum atomic E-state index is 11.9. The molecule has 0 heterocycles. The first-order chi connectivity index (χ1) is 8.58. The summed E-state index contributed by atoms with van der Waals surface area (Å²) in [5, 5.41) is 0. The van der Waals surface area contributed by atoms with Crippen LogP contribution in [0.4, 0.5) is 5.69 Å². The fourth-order valence-corrected chi connectivity index (χ4v) is 2.32. The first kappa shape index (κ1) is 16.2. The van der Waals surface area contributed by atoms with Crippen molar-refractivity contribution < 1.29 is 12.6 Å². The minimum absolute atomic E-state index is 0. The van der Waals surface area contributed by atoms with Gasteiger partial charge in [-0.2, -0.15) is 8.42 Å². The van der Waals surface area contributed by atoms with E-state index in [1.165, 1.54) is 24.3 Å². The van der Waals surface area contributed by atoms with Crippen molar-refractivity contribution in [2.24, 2.45) is 0 Å². The second-order valence-corrected chi connectivity index (χ2v) is 5.39. The molecular weight excluding hydrogens is 273 g/mol. The predicted octanol–water partition coefficient (Wildman–Crippen LogP) is 1.79. The molecule has 19 heavy (non-hydrogen) atoms. The summed E-state index contributed by atoms with van der Waals surface area (Å²) in [7, 11) is -3.73. The molecule has 0 unspecified atom stereocenters. The normalized spacial score (nSPS) is 10.7. The van der Waals surface area contributed by atoms with E-state index in [9.17, 15) is 8.42 Å².